The van der Waals surface area contributed by atoms with Crippen molar-refractivity contribution in [3.05, 3.63) is 0 Å². The Bertz CT molecular complexity index is 313. The third-order valence-corrected chi connectivity index (χ3v) is 4.98. The average molecular weight is 354 g/mol. The summed E-state index contributed by atoms with van der Waals surface area (Å²) in [6, 6.07) is 0.900. The van der Waals surface area contributed by atoms with E-state index in [2.05, 4.69) is 11.8 Å². The molecule has 1 aliphatic heterocycles. The Kier molecular flexibility index (Phi) is 10.7. The first kappa shape index (κ1) is 22.0. The lowest BCUT2D eigenvalue weighted by Crippen LogP contribution is -2.52. The molecule has 2 fully saturated rings. The van der Waals surface area contributed by atoms with Crippen LogP contribution in [-0.2, 0) is 4.79 Å². The van der Waals surface area contributed by atoms with E-state index in [0.717, 1.165) is 44.6 Å². The molecular weight excluding hydrogens is 321 g/mol. The van der Waals surface area contributed by atoms with Gasteiger partial charge in [0.1, 0.15) is 0 Å². The fraction of sp³-hybridized carbons (Fsp3) is 0.938. The van der Waals surface area contributed by atoms with Gasteiger partial charge in [-0.3, -0.25) is 9.69 Å². The molecule has 132 valence electrons. The van der Waals surface area contributed by atoms with Crippen LogP contribution in [0.25, 0.3) is 0 Å². The van der Waals surface area contributed by atoms with E-state index in [1.54, 1.807) is 0 Å². The van der Waals surface area contributed by atoms with Crippen LogP contribution in [0.1, 0.15) is 52.4 Å². The van der Waals surface area contributed by atoms with E-state index in [0.29, 0.717) is 12.3 Å². The molecule has 1 aliphatic carbocycles. The fourth-order valence-electron chi connectivity index (χ4n) is 3.45. The number of rotatable bonds is 4. The lowest BCUT2D eigenvalue weighted by atomic mass is 9.86. The molecule has 2 N–H and O–H groups in total. The van der Waals surface area contributed by atoms with Crippen molar-refractivity contribution in [3.8, 4) is 0 Å². The number of nitrogens with zero attached hydrogens (tertiary/aromatic N) is 2. The molecule has 6 heteroatoms. The van der Waals surface area contributed by atoms with E-state index >= 15 is 0 Å². The summed E-state index contributed by atoms with van der Waals surface area (Å²) in [7, 11) is 0. The molecule has 0 aromatic heterocycles. The van der Waals surface area contributed by atoms with Crippen LogP contribution in [0, 0.1) is 5.92 Å². The lowest BCUT2D eigenvalue weighted by molar-refractivity contribution is -0.133. The van der Waals surface area contributed by atoms with Gasteiger partial charge < -0.3 is 10.6 Å². The van der Waals surface area contributed by atoms with Crippen LogP contribution in [0.4, 0.5) is 0 Å². The molecule has 1 unspecified atom stereocenters. The Morgan fingerprint density at radius 3 is 2.14 bits per heavy atom. The van der Waals surface area contributed by atoms with Crippen molar-refractivity contribution in [1.29, 1.82) is 0 Å². The van der Waals surface area contributed by atoms with E-state index in [1.807, 2.05) is 11.8 Å². The Balaban J connectivity index is 0.00000220. The molecule has 1 atom stereocenters. The predicted octanol–water partition coefficient (Wildman–Crippen LogP) is 2.68. The maximum absolute atomic E-state index is 12.1. The molecule has 1 heterocycles. The quantitative estimate of drug-likeness (QED) is 0.845. The molecular formula is C16H33Cl2N3O. The minimum absolute atomic E-state index is 0. The average Bonchev–Trinajstić information content (AvgIpc) is 2.46. The first-order valence-electron chi connectivity index (χ1n) is 8.33. The largest absolute Gasteiger partial charge is 0.340 e. The summed E-state index contributed by atoms with van der Waals surface area (Å²) in [5, 5.41) is 0. The molecule has 0 spiro atoms. The molecule has 2 aliphatic rings. The van der Waals surface area contributed by atoms with Crippen molar-refractivity contribution in [2.75, 3.05) is 26.2 Å². The van der Waals surface area contributed by atoms with Gasteiger partial charge in [0.2, 0.25) is 5.91 Å². The number of carbonyl (C=O) groups is 1. The summed E-state index contributed by atoms with van der Waals surface area (Å²) >= 11 is 0. The van der Waals surface area contributed by atoms with E-state index in [1.165, 1.54) is 25.7 Å². The molecule has 1 amide bonds. The summed E-state index contributed by atoms with van der Waals surface area (Å²) in [4.78, 5) is 16.7. The predicted molar refractivity (Wildman–Crippen MR) is 97.0 cm³/mol. The number of halogens is 2. The number of amides is 1. The van der Waals surface area contributed by atoms with Crippen molar-refractivity contribution in [2.24, 2.45) is 11.7 Å². The van der Waals surface area contributed by atoms with Gasteiger partial charge in [-0.15, -0.1) is 24.8 Å². The van der Waals surface area contributed by atoms with Gasteiger partial charge in [0.25, 0.3) is 0 Å². The minimum atomic E-state index is 0. The van der Waals surface area contributed by atoms with E-state index in [4.69, 9.17) is 5.73 Å². The molecule has 0 aromatic rings. The second-order valence-corrected chi connectivity index (χ2v) is 6.85. The van der Waals surface area contributed by atoms with Crippen LogP contribution in [0.3, 0.4) is 0 Å². The zero-order chi connectivity index (χ0) is 14.5. The second kappa shape index (κ2) is 10.7. The first-order chi connectivity index (χ1) is 9.56. The smallest absolute Gasteiger partial charge is 0.222 e. The van der Waals surface area contributed by atoms with Gasteiger partial charge in [0.05, 0.1) is 0 Å². The van der Waals surface area contributed by atoms with Gasteiger partial charge in [0, 0.05) is 44.7 Å². The summed E-state index contributed by atoms with van der Waals surface area (Å²) < 4.78 is 0. The second-order valence-electron chi connectivity index (χ2n) is 6.85. The maximum atomic E-state index is 12.1. The number of nitrogens with two attached hydrogens (primary N) is 1. The Morgan fingerprint density at radius 1 is 1.09 bits per heavy atom. The zero-order valence-electron chi connectivity index (χ0n) is 14.0. The minimum Gasteiger partial charge on any atom is -0.340 e. The highest BCUT2D eigenvalue weighted by Crippen LogP contribution is 2.27. The Labute approximate surface area is 148 Å². The van der Waals surface area contributed by atoms with Gasteiger partial charge in [-0.05, 0) is 44.9 Å². The first-order valence-corrected chi connectivity index (χ1v) is 8.33. The standard InChI is InChI=1S/C16H31N3O.2ClH/c1-13-3-6-15(7-4-13)18-9-11-19(12-10-18)16(20)8-5-14(2)17;;/h13-15H,3-12,17H2,1-2H3;2*1H. The number of carbonyl (C=O) groups excluding carboxylic acids is 1. The SMILES string of the molecule is CC(N)CCC(=O)N1CCN(C2CCC(C)CC2)CC1.Cl.Cl. The lowest BCUT2D eigenvalue weighted by Gasteiger charge is -2.41. The van der Waals surface area contributed by atoms with Crippen molar-refractivity contribution >= 4 is 30.7 Å². The third-order valence-electron chi connectivity index (χ3n) is 4.98. The highest BCUT2D eigenvalue weighted by Gasteiger charge is 2.28. The monoisotopic (exact) mass is 353 g/mol. The molecule has 1 saturated heterocycles. The Morgan fingerprint density at radius 2 is 1.64 bits per heavy atom. The van der Waals surface area contributed by atoms with Crippen LogP contribution in [0.2, 0.25) is 0 Å². The summed E-state index contributed by atoms with van der Waals surface area (Å²) in [5.41, 5.74) is 5.72. The van der Waals surface area contributed by atoms with Crippen LogP contribution in [0.15, 0.2) is 0 Å². The van der Waals surface area contributed by atoms with Crippen molar-refractivity contribution in [1.82, 2.24) is 9.80 Å². The molecule has 0 bridgehead atoms. The van der Waals surface area contributed by atoms with Gasteiger partial charge in [-0.2, -0.15) is 0 Å². The van der Waals surface area contributed by atoms with E-state index in [9.17, 15) is 4.79 Å². The van der Waals surface area contributed by atoms with Crippen molar-refractivity contribution in [3.63, 3.8) is 0 Å². The topological polar surface area (TPSA) is 49.6 Å². The van der Waals surface area contributed by atoms with Crippen LogP contribution in [0.5, 0.6) is 0 Å². The van der Waals surface area contributed by atoms with Crippen molar-refractivity contribution < 1.29 is 4.79 Å². The molecule has 0 aromatic carbocycles. The zero-order valence-corrected chi connectivity index (χ0v) is 15.6. The van der Waals surface area contributed by atoms with Gasteiger partial charge in [-0.1, -0.05) is 6.92 Å². The highest BCUT2D eigenvalue weighted by molar-refractivity contribution is 5.85. The number of piperazine rings is 1. The van der Waals surface area contributed by atoms with Crippen LogP contribution < -0.4 is 5.73 Å². The normalized spacial score (nSPS) is 27.5. The van der Waals surface area contributed by atoms with Gasteiger partial charge >= 0.3 is 0 Å². The molecule has 1 saturated carbocycles. The van der Waals surface area contributed by atoms with E-state index < -0.39 is 0 Å². The molecule has 4 nitrogen and oxygen atoms in total. The third kappa shape index (κ3) is 6.61. The fourth-order valence-corrected chi connectivity index (χ4v) is 3.45. The summed E-state index contributed by atoms with van der Waals surface area (Å²) in [5.74, 6) is 1.20. The molecule has 22 heavy (non-hydrogen) atoms. The van der Waals surface area contributed by atoms with E-state index in [-0.39, 0.29) is 30.9 Å². The summed E-state index contributed by atoms with van der Waals surface area (Å²) in [6.45, 7) is 8.26. The molecule has 0 radical (unpaired) electrons. The number of hydrogen-bond donors (Lipinski definition) is 1. The van der Waals surface area contributed by atoms with Crippen LogP contribution in [-0.4, -0.2) is 54.0 Å². The van der Waals surface area contributed by atoms with Crippen molar-refractivity contribution in [2.45, 2.75) is 64.5 Å². The Hall–Kier alpha value is -0.0300. The van der Waals surface area contributed by atoms with Gasteiger partial charge in [0.15, 0.2) is 0 Å². The number of hydrogen-bond acceptors (Lipinski definition) is 3. The summed E-state index contributed by atoms with van der Waals surface area (Å²) in [6.07, 6.45) is 6.86. The van der Waals surface area contributed by atoms with Gasteiger partial charge in [-0.25, -0.2) is 0 Å². The molecule has 2 rings (SSSR count). The van der Waals surface area contributed by atoms with Crippen LogP contribution >= 0.6 is 24.8 Å². The highest BCUT2D eigenvalue weighted by atomic mass is 35.5. The maximum Gasteiger partial charge on any atom is 0.222 e.